The molecule has 0 fully saturated rings. The van der Waals surface area contributed by atoms with E-state index in [9.17, 15) is 14.7 Å². The Balaban J connectivity index is 1.96. The van der Waals surface area contributed by atoms with Crippen molar-refractivity contribution in [1.29, 1.82) is 0 Å². The molecule has 2 N–H and O–H groups in total. The highest BCUT2D eigenvalue weighted by molar-refractivity contribution is 5.89. The topological polar surface area (TPSA) is 93.1 Å². The van der Waals surface area contributed by atoms with Crippen LogP contribution in [0.2, 0.25) is 0 Å². The molecule has 0 spiro atoms. The number of hydrogen-bond donors (Lipinski definition) is 2. The van der Waals surface area contributed by atoms with Gasteiger partial charge in [0, 0.05) is 0 Å². The summed E-state index contributed by atoms with van der Waals surface area (Å²) < 4.78 is 10.2. The van der Waals surface area contributed by atoms with Crippen molar-refractivity contribution in [3.63, 3.8) is 0 Å². The third kappa shape index (κ3) is 4.31. The number of rotatable bonds is 6. The van der Waals surface area contributed by atoms with Crippen molar-refractivity contribution in [2.24, 2.45) is 0 Å². The molecule has 2 rings (SSSR count). The minimum Gasteiger partial charge on any atom is -0.497 e. The first-order valence-electron chi connectivity index (χ1n) is 6.82. The number of aliphatic hydroxyl groups excluding tert-OH is 1. The van der Waals surface area contributed by atoms with Gasteiger partial charge in [0.25, 0.3) is 0 Å². The van der Waals surface area contributed by atoms with E-state index >= 15 is 0 Å². The van der Waals surface area contributed by atoms with E-state index in [1.165, 1.54) is 24.3 Å². The van der Waals surface area contributed by atoms with Crippen LogP contribution in [0.1, 0.15) is 27.6 Å². The van der Waals surface area contributed by atoms with Gasteiger partial charge in [0.2, 0.25) is 0 Å². The zero-order valence-corrected chi connectivity index (χ0v) is 12.4. The van der Waals surface area contributed by atoms with E-state index in [4.69, 9.17) is 14.6 Å². The predicted molar refractivity (Wildman–Crippen MR) is 81.2 cm³/mol. The number of carboxylic acid groups (broad SMARTS) is 1. The molecule has 6 nitrogen and oxygen atoms in total. The second-order valence-electron chi connectivity index (χ2n) is 4.79. The molecule has 0 saturated carbocycles. The smallest absolute Gasteiger partial charge is 0.338 e. The summed E-state index contributed by atoms with van der Waals surface area (Å²) in [5, 5.41) is 18.1. The van der Waals surface area contributed by atoms with Crippen LogP contribution >= 0.6 is 0 Å². The van der Waals surface area contributed by atoms with Gasteiger partial charge in [-0.1, -0.05) is 24.3 Å². The summed E-state index contributed by atoms with van der Waals surface area (Å²) >= 11 is 0. The molecule has 0 bridgehead atoms. The Morgan fingerprint density at radius 1 is 1.04 bits per heavy atom. The van der Waals surface area contributed by atoms with Gasteiger partial charge in [-0.15, -0.1) is 0 Å². The van der Waals surface area contributed by atoms with E-state index in [0.29, 0.717) is 5.75 Å². The van der Waals surface area contributed by atoms with Crippen LogP contribution < -0.4 is 4.74 Å². The summed E-state index contributed by atoms with van der Waals surface area (Å²) in [6.45, 7) is 0.113. The van der Waals surface area contributed by atoms with Crippen molar-refractivity contribution in [1.82, 2.24) is 0 Å². The molecule has 2 aromatic carbocycles. The first-order chi connectivity index (χ1) is 11.0. The Morgan fingerprint density at radius 2 is 1.65 bits per heavy atom. The Kier molecular flexibility index (Phi) is 5.32. The number of aliphatic hydroxyl groups is 1. The van der Waals surface area contributed by atoms with Crippen LogP contribution in [0.5, 0.6) is 5.75 Å². The zero-order valence-electron chi connectivity index (χ0n) is 12.4. The number of aliphatic carboxylic acids is 1. The van der Waals surface area contributed by atoms with Crippen LogP contribution in [-0.2, 0) is 16.1 Å². The molecular formula is C17H16O6. The fraction of sp³-hybridized carbons (Fsp3) is 0.176. The summed E-state index contributed by atoms with van der Waals surface area (Å²) in [4.78, 5) is 22.6. The van der Waals surface area contributed by atoms with Crippen LogP contribution in [-0.4, -0.2) is 29.3 Å². The normalized spacial score (nSPS) is 11.6. The van der Waals surface area contributed by atoms with Crippen molar-refractivity contribution in [3.8, 4) is 5.75 Å². The van der Waals surface area contributed by atoms with Crippen molar-refractivity contribution < 1.29 is 29.3 Å². The van der Waals surface area contributed by atoms with Gasteiger partial charge in [0.1, 0.15) is 12.4 Å². The lowest BCUT2D eigenvalue weighted by Gasteiger charge is -2.08. The maximum Gasteiger partial charge on any atom is 0.338 e. The molecule has 1 atom stereocenters. The summed E-state index contributed by atoms with van der Waals surface area (Å²) in [5.74, 6) is -1.16. The first kappa shape index (κ1) is 16.5. The van der Waals surface area contributed by atoms with Gasteiger partial charge in [-0.2, -0.15) is 0 Å². The lowest BCUT2D eigenvalue weighted by atomic mass is 10.1. The Labute approximate surface area is 132 Å². The molecule has 0 aliphatic carbocycles. The first-order valence-corrected chi connectivity index (χ1v) is 6.82. The Morgan fingerprint density at radius 3 is 2.17 bits per heavy atom. The molecule has 0 aromatic heterocycles. The molecule has 120 valence electrons. The van der Waals surface area contributed by atoms with Crippen LogP contribution in [0, 0.1) is 0 Å². The van der Waals surface area contributed by atoms with Gasteiger partial charge in [-0.25, -0.2) is 9.59 Å². The highest BCUT2D eigenvalue weighted by Crippen LogP contribution is 2.16. The monoisotopic (exact) mass is 316 g/mol. The summed E-state index contributed by atoms with van der Waals surface area (Å²) in [6.07, 6.45) is -1.61. The fourth-order valence-electron chi connectivity index (χ4n) is 1.90. The molecule has 0 saturated heterocycles. The van der Waals surface area contributed by atoms with Crippen LogP contribution in [0.3, 0.4) is 0 Å². The quantitative estimate of drug-likeness (QED) is 0.793. The van der Waals surface area contributed by atoms with Crippen molar-refractivity contribution in [2.75, 3.05) is 7.11 Å². The molecule has 2 aromatic rings. The van der Waals surface area contributed by atoms with Gasteiger partial charge in [-0.05, 0) is 35.4 Å². The molecule has 0 amide bonds. The second-order valence-corrected chi connectivity index (χ2v) is 4.79. The van der Waals surface area contributed by atoms with Crippen molar-refractivity contribution in [3.05, 3.63) is 65.2 Å². The number of carbonyl (C=O) groups is 2. The molecule has 0 aliphatic heterocycles. The van der Waals surface area contributed by atoms with Gasteiger partial charge in [-0.3, -0.25) is 0 Å². The number of ether oxygens (including phenoxy) is 2. The van der Waals surface area contributed by atoms with Crippen molar-refractivity contribution >= 4 is 11.9 Å². The predicted octanol–water partition coefficient (Wildman–Crippen LogP) is 2.17. The zero-order chi connectivity index (χ0) is 16.8. The molecule has 6 heteroatoms. The largest absolute Gasteiger partial charge is 0.497 e. The average molecular weight is 316 g/mol. The third-order valence-corrected chi connectivity index (χ3v) is 3.23. The van der Waals surface area contributed by atoms with Gasteiger partial charge in [0.15, 0.2) is 6.10 Å². The van der Waals surface area contributed by atoms with Crippen LogP contribution in [0.15, 0.2) is 48.5 Å². The summed E-state index contributed by atoms with van der Waals surface area (Å²) in [5.41, 5.74) is 1.29. The highest BCUT2D eigenvalue weighted by Gasteiger charge is 2.16. The van der Waals surface area contributed by atoms with Crippen molar-refractivity contribution in [2.45, 2.75) is 12.7 Å². The molecule has 0 aliphatic rings. The number of hydrogen-bond acceptors (Lipinski definition) is 5. The van der Waals surface area contributed by atoms with Gasteiger partial charge in [0.05, 0.1) is 12.7 Å². The second kappa shape index (κ2) is 7.42. The maximum atomic E-state index is 11.9. The van der Waals surface area contributed by atoms with E-state index < -0.39 is 18.0 Å². The average Bonchev–Trinajstić information content (AvgIpc) is 2.59. The van der Waals surface area contributed by atoms with Crippen LogP contribution in [0.25, 0.3) is 0 Å². The lowest BCUT2D eigenvalue weighted by Crippen LogP contribution is -2.11. The fourth-order valence-corrected chi connectivity index (χ4v) is 1.90. The summed E-state index contributed by atoms with van der Waals surface area (Å²) in [7, 11) is 1.57. The van der Waals surface area contributed by atoms with E-state index in [1.54, 1.807) is 31.4 Å². The number of carbonyl (C=O) groups excluding carboxylic acids is 1. The van der Waals surface area contributed by atoms with E-state index in [1.807, 2.05) is 0 Å². The standard InChI is InChI=1S/C17H16O6/c1-22-14-8-2-11(3-9-14)10-23-17(21)13-6-4-12(5-7-13)15(18)16(19)20/h2-9,15,18H,10H2,1H3,(H,19,20). The van der Waals surface area contributed by atoms with Gasteiger partial charge >= 0.3 is 11.9 Å². The van der Waals surface area contributed by atoms with Gasteiger partial charge < -0.3 is 19.7 Å². The summed E-state index contributed by atoms with van der Waals surface area (Å²) in [6, 6.07) is 12.7. The minimum atomic E-state index is -1.61. The Bertz CT molecular complexity index is 675. The molecular weight excluding hydrogens is 300 g/mol. The molecule has 0 radical (unpaired) electrons. The minimum absolute atomic E-state index is 0.113. The molecule has 1 unspecified atom stereocenters. The highest BCUT2D eigenvalue weighted by atomic mass is 16.5. The maximum absolute atomic E-state index is 11.9. The number of benzene rings is 2. The molecule has 23 heavy (non-hydrogen) atoms. The number of methoxy groups -OCH3 is 1. The molecule has 0 heterocycles. The number of carboxylic acids is 1. The lowest BCUT2D eigenvalue weighted by molar-refractivity contribution is -0.146. The van der Waals surface area contributed by atoms with E-state index in [0.717, 1.165) is 5.56 Å². The SMILES string of the molecule is COc1ccc(COC(=O)c2ccc(C(O)C(=O)O)cc2)cc1. The van der Waals surface area contributed by atoms with E-state index in [-0.39, 0.29) is 17.7 Å². The van der Waals surface area contributed by atoms with E-state index in [2.05, 4.69) is 0 Å². The Hall–Kier alpha value is -2.86. The third-order valence-electron chi connectivity index (χ3n) is 3.23. The van der Waals surface area contributed by atoms with Crippen LogP contribution in [0.4, 0.5) is 0 Å². The number of esters is 1.